The second kappa shape index (κ2) is 6.78. The first-order valence-corrected chi connectivity index (χ1v) is 7.08. The van der Waals surface area contributed by atoms with Gasteiger partial charge in [0.15, 0.2) is 0 Å². The quantitative estimate of drug-likeness (QED) is 0.903. The predicted octanol–water partition coefficient (Wildman–Crippen LogP) is 3.88. The maximum Gasteiger partial charge on any atom is 0.123 e. The molecule has 2 rings (SSSR count). The number of aromatic nitrogens is 1. The number of hydrogen-bond acceptors (Lipinski definition) is 2. The van der Waals surface area contributed by atoms with Gasteiger partial charge in [-0.2, -0.15) is 0 Å². The molecule has 0 bridgehead atoms. The standard InChI is InChI=1S/C15H16BrFN2/c1-2-18-14(15-13(16)4-3-9-19-15)10-11-5-7-12(17)8-6-11/h3-9,14,18H,2,10H2,1H3. The topological polar surface area (TPSA) is 24.9 Å². The van der Waals surface area contributed by atoms with E-state index in [1.807, 2.05) is 24.3 Å². The minimum Gasteiger partial charge on any atom is -0.309 e. The monoisotopic (exact) mass is 322 g/mol. The summed E-state index contributed by atoms with van der Waals surface area (Å²) in [4.78, 5) is 4.43. The molecule has 1 unspecified atom stereocenters. The molecule has 1 heterocycles. The molecule has 4 heteroatoms. The number of nitrogens with zero attached hydrogens (tertiary/aromatic N) is 1. The van der Waals surface area contributed by atoms with E-state index in [-0.39, 0.29) is 11.9 Å². The minimum atomic E-state index is -0.206. The normalized spacial score (nSPS) is 12.4. The van der Waals surface area contributed by atoms with Crippen molar-refractivity contribution >= 4 is 15.9 Å². The van der Waals surface area contributed by atoms with Crippen LogP contribution in [0.3, 0.4) is 0 Å². The Bertz CT molecular complexity index is 528. The van der Waals surface area contributed by atoms with Crippen molar-refractivity contribution in [1.82, 2.24) is 10.3 Å². The van der Waals surface area contributed by atoms with Gasteiger partial charge in [-0.3, -0.25) is 4.98 Å². The van der Waals surface area contributed by atoms with Crippen LogP contribution in [0.1, 0.15) is 24.2 Å². The van der Waals surface area contributed by atoms with Gasteiger partial charge in [-0.1, -0.05) is 19.1 Å². The van der Waals surface area contributed by atoms with Crippen LogP contribution in [0.15, 0.2) is 47.1 Å². The zero-order chi connectivity index (χ0) is 13.7. The van der Waals surface area contributed by atoms with Crippen LogP contribution in [-0.2, 0) is 6.42 Å². The molecule has 0 saturated carbocycles. The van der Waals surface area contributed by atoms with Crippen molar-refractivity contribution in [3.63, 3.8) is 0 Å². The zero-order valence-corrected chi connectivity index (χ0v) is 12.3. The fourth-order valence-corrected chi connectivity index (χ4v) is 2.55. The van der Waals surface area contributed by atoms with Crippen LogP contribution in [-0.4, -0.2) is 11.5 Å². The summed E-state index contributed by atoms with van der Waals surface area (Å²) in [6.45, 7) is 2.92. The molecule has 1 N–H and O–H groups in total. The lowest BCUT2D eigenvalue weighted by Crippen LogP contribution is -2.24. The molecular formula is C15H16BrFN2. The molecule has 0 saturated heterocycles. The number of likely N-dealkylation sites (N-methyl/N-ethyl adjacent to an activating group) is 1. The highest BCUT2D eigenvalue weighted by atomic mass is 79.9. The molecule has 0 aliphatic rings. The summed E-state index contributed by atoms with van der Waals surface area (Å²) in [6, 6.07) is 10.6. The number of halogens is 2. The molecule has 0 radical (unpaired) electrons. The van der Waals surface area contributed by atoms with Gasteiger partial charge in [-0.15, -0.1) is 0 Å². The maximum atomic E-state index is 12.9. The molecule has 100 valence electrons. The summed E-state index contributed by atoms with van der Waals surface area (Å²) in [7, 11) is 0. The van der Waals surface area contributed by atoms with Gasteiger partial charge in [0.2, 0.25) is 0 Å². The van der Waals surface area contributed by atoms with Gasteiger partial charge in [0.25, 0.3) is 0 Å². The Kier molecular flexibility index (Phi) is 5.05. The highest BCUT2D eigenvalue weighted by molar-refractivity contribution is 9.10. The lowest BCUT2D eigenvalue weighted by molar-refractivity contribution is 0.533. The Morgan fingerprint density at radius 1 is 1.26 bits per heavy atom. The summed E-state index contributed by atoms with van der Waals surface area (Å²) in [5.41, 5.74) is 2.07. The highest BCUT2D eigenvalue weighted by Gasteiger charge is 2.15. The SMILES string of the molecule is CCNC(Cc1ccc(F)cc1)c1ncccc1Br. The molecular weight excluding hydrogens is 307 g/mol. The van der Waals surface area contributed by atoms with Crippen molar-refractivity contribution in [2.45, 2.75) is 19.4 Å². The van der Waals surface area contributed by atoms with E-state index in [0.717, 1.165) is 28.7 Å². The third kappa shape index (κ3) is 3.85. The predicted molar refractivity (Wildman–Crippen MR) is 78.5 cm³/mol. The number of rotatable bonds is 5. The summed E-state index contributed by atoms with van der Waals surface area (Å²) >= 11 is 3.53. The van der Waals surface area contributed by atoms with Gasteiger partial charge in [-0.25, -0.2) is 4.39 Å². The summed E-state index contributed by atoms with van der Waals surface area (Å²) in [5, 5.41) is 3.42. The van der Waals surface area contributed by atoms with E-state index in [1.54, 1.807) is 6.20 Å². The molecule has 2 nitrogen and oxygen atoms in total. The molecule has 1 aromatic carbocycles. The van der Waals surface area contributed by atoms with E-state index < -0.39 is 0 Å². The third-order valence-corrected chi connectivity index (χ3v) is 3.59. The van der Waals surface area contributed by atoms with Crippen LogP contribution in [0.25, 0.3) is 0 Å². The van der Waals surface area contributed by atoms with Gasteiger partial charge in [0.1, 0.15) is 5.82 Å². The van der Waals surface area contributed by atoms with Gasteiger partial charge in [-0.05, 0) is 58.7 Å². The Morgan fingerprint density at radius 3 is 2.63 bits per heavy atom. The van der Waals surface area contributed by atoms with Crippen LogP contribution in [0.2, 0.25) is 0 Å². The second-order valence-electron chi connectivity index (χ2n) is 4.31. The highest BCUT2D eigenvalue weighted by Crippen LogP contribution is 2.24. The molecule has 19 heavy (non-hydrogen) atoms. The summed E-state index contributed by atoms with van der Waals surface area (Å²) in [6.07, 6.45) is 2.57. The van der Waals surface area contributed by atoms with Crippen molar-refractivity contribution in [3.05, 3.63) is 64.1 Å². The van der Waals surface area contributed by atoms with Crippen LogP contribution >= 0.6 is 15.9 Å². The number of pyridine rings is 1. The molecule has 0 aliphatic carbocycles. The van der Waals surface area contributed by atoms with E-state index >= 15 is 0 Å². The first-order valence-electron chi connectivity index (χ1n) is 6.29. The Balaban J connectivity index is 2.21. The van der Waals surface area contributed by atoms with E-state index in [4.69, 9.17) is 0 Å². The molecule has 1 atom stereocenters. The number of nitrogens with one attached hydrogen (secondary N) is 1. The molecule has 0 spiro atoms. The molecule has 2 aromatic rings. The fourth-order valence-electron chi connectivity index (χ4n) is 2.02. The fraction of sp³-hybridized carbons (Fsp3) is 0.267. The van der Waals surface area contributed by atoms with Crippen molar-refractivity contribution < 1.29 is 4.39 Å². The van der Waals surface area contributed by atoms with Crippen LogP contribution in [0.5, 0.6) is 0 Å². The lowest BCUT2D eigenvalue weighted by Gasteiger charge is -2.18. The van der Waals surface area contributed by atoms with Crippen molar-refractivity contribution in [2.75, 3.05) is 6.54 Å². The Hall–Kier alpha value is -1.26. The molecule has 0 amide bonds. The first kappa shape index (κ1) is 14.2. The lowest BCUT2D eigenvalue weighted by atomic mass is 10.0. The zero-order valence-electron chi connectivity index (χ0n) is 10.7. The Morgan fingerprint density at radius 2 is 2.00 bits per heavy atom. The second-order valence-corrected chi connectivity index (χ2v) is 5.17. The van der Waals surface area contributed by atoms with Gasteiger partial charge in [0, 0.05) is 10.7 Å². The van der Waals surface area contributed by atoms with E-state index in [0.29, 0.717) is 0 Å². The van der Waals surface area contributed by atoms with E-state index in [1.165, 1.54) is 12.1 Å². The smallest absolute Gasteiger partial charge is 0.123 e. The molecule has 1 aromatic heterocycles. The third-order valence-electron chi connectivity index (χ3n) is 2.92. The van der Waals surface area contributed by atoms with Crippen molar-refractivity contribution in [1.29, 1.82) is 0 Å². The van der Waals surface area contributed by atoms with Gasteiger partial charge in [0.05, 0.1) is 11.7 Å². The van der Waals surface area contributed by atoms with Gasteiger partial charge >= 0.3 is 0 Å². The average Bonchev–Trinajstić information content (AvgIpc) is 2.41. The molecule has 0 fully saturated rings. The summed E-state index contributed by atoms with van der Waals surface area (Å²) in [5.74, 6) is -0.206. The van der Waals surface area contributed by atoms with Crippen LogP contribution < -0.4 is 5.32 Å². The van der Waals surface area contributed by atoms with Crippen LogP contribution in [0.4, 0.5) is 4.39 Å². The van der Waals surface area contributed by atoms with Crippen molar-refractivity contribution in [2.24, 2.45) is 0 Å². The van der Waals surface area contributed by atoms with Gasteiger partial charge < -0.3 is 5.32 Å². The van der Waals surface area contributed by atoms with E-state index in [9.17, 15) is 4.39 Å². The Labute approximate surface area is 121 Å². The molecule has 0 aliphatic heterocycles. The van der Waals surface area contributed by atoms with Crippen molar-refractivity contribution in [3.8, 4) is 0 Å². The number of benzene rings is 1. The van der Waals surface area contributed by atoms with E-state index in [2.05, 4.69) is 33.2 Å². The maximum absolute atomic E-state index is 12.9. The minimum absolute atomic E-state index is 0.117. The largest absolute Gasteiger partial charge is 0.309 e. The summed E-state index contributed by atoms with van der Waals surface area (Å²) < 4.78 is 13.9. The number of hydrogen-bond donors (Lipinski definition) is 1. The average molecular weight is 323 g/mol. The first-order chi connectivity index (χ1) is 9.20. The van der Waals surface area contributed by atoms with Crippen LogP contribution in [0, 0.1) is 5.82 Å².